The molecule has 0 unspecified atom stereocenters. The van der Waals surface area contributed by atoms with E-state index >= 15 is 0 Å². The first-order chi connectivity index (χ1) is 13.1. The summed E-state index contributed by atoms with van der Waals surface area (Å²) in [5.74, 6) is 1.70. The maximum absolute atomic E-state index is 12.3. The molecule has 0 aliphatic rings. The lowest BCUT2D eigenvalue weighted by molar-refractivity contribution is -0.111. The topological polar surface area (TPSA) is 47.6 Å². The van der Waals surface area contributed by atoms with Crippen LogP contribution in [0, 0.1) is 0 Å². The molecule has 0 bridgehead atoms. The number of anilines is 1. The molecule has 3 rings (SSSR count). The number of para-hydroxylation sites is 2. The third kappa shape index (κ3) is 5.36. The molecule has 0 aliphatic carbocycles. The van der Waals surface area contributed by atoms with Crippen LogP contribution in [0.3, 0.4) is 0 Å². The second-order valence-corrected chi connectivity index (χ2v) is 6.08. The van der Waals surface area contributed by atoms with Crippen molar-refractivity contribution in [3.63, 3.8) is 0 Å². The van der Waals surface area contributed by atoms with Gasteiger partial charge >= 0.3 is 0 Å². The highest BCUT2D eigenvalue weighted by Crippen LogP contribution is 2.30. The molecule has 0 heterocycles. The Balaban J connectivity index is 1.68. The number of carbonyl (C=O) groups is 1. The number of hydrogen-bond donors (Lipinski definition) is 1. The summed E-state index contributed by atoms with van der Waals surface area (Å²) in [4.78, 5) is 12.3. The predicted octanol–water partition coefficient (Wildman–Crippen LogP) is 5.79. The Morgan fingerprint density at radius 3 is 2.30 bits per heavy atom. The van der Waals surface area contributed by atoms with E-state index in [1.807, 2.05) is 36.4 Å². The van der Waals surface area contributed by atoms with Gasteiger partial charge in [-0.15, -0.1) is 0 Å². The van der Waals surface area contributed by atoms with E-state index in [1.165, 1.54) is 6.08 Å². The fraction of sp³-hybridized carbons (Fsp3) is 0.0455. The van der Waals surface area contributed by atoms with Crippen LogP contribution in [0.25, 0.3) is 6.08 Å². The molecule has 3 aromatic rings. The van der Waals surface area contributed by atoms with E-state index in [2.05, 4.69) is 5.32 Å². The Bertz CT molecular complexity index is 935. The summed E-state index contributed by atoms with van der Waals surface area (Å²) in [6.45, 7) is 0. The maximum Gasteiger partial charge on any atom is 0.248 e. The Morgan fingerprint density at radius 2 is 1.59 bits per heavy atom. The van der Waals surface area contributed by atoms with Gasteiger partial charge in [0, 0.05) is 11.1 Å². The Kier molecular flexibility index (Phi) is 6.13. The van der Waals surface area contributed by atoms with Gasteiger partial charge in [-0.25, -0.2) is 0 Å². The van der Waals surface area contributed by atoms with E-state index in [1.54, 1.807) is 49.6 Å². The van der Waals surface area contributed by atoms with Crippen molar-refractivity contribution >= 4 is 29.3 Å². The van der Waals surface area contributed by atoms with E-state index in [0.29, 0.717) is 22.2 Å². The average Bonchev–Trinajstić information content (AvgIpc) is 2.70. The normalized spacial score (nSPS) is 10.6. The summed E-state index contributed by atoms with van der Waals surface area (Å²) < 4.78 is 11.0. The predicted molar refractivity (Wildman–Crippen MR) is 109 cm³/mol. The van der Waals surface area contributed by atoms with E-state index in [9.17, 15) is 4.79 Å². The van der Waals surface area contributed by atoms with Gasteiger partial charge in [0.2, 0.25) is 5.91 Å². The van der Waals surface area contributed by atoms with Gasteiger partial charge in [-0.1, -0.05) is 35.9 Å². The Hall–Kier alpha value is -3.24. The monoisotopic (exact) mass is 379 g/mol. The van der Waals surface area contributed by atoms with E-state index < -0.39 is 0 Å². The molecular formula is C22H18ClNO3. The summed E-state index contributed by atoms with van der Waals surface area (Å²) >= 11 is 5.89. The molecule has 0 radical (unpaired) electrons. The summed E-state index contributed by atoms with van der Waals surface area (Å²) in [5, 5.41) is 3.47. The number of methoxy groups -OCH3 is 1. The highest BCUT2D eigenvalue weighted by Gasteiger charge is 2.07. The second-order valence-electron chi connectivity index (χ2n) is 5.65. The van der Waals surface area contributed by atoms with Crippen LogP contribution >= 0.6 is 11.6 Å². The van der Waals surface area contributed by atoms with Gasteiger partial charge in [0.05, 0.1) is 12.8 Å². The zero-order valence-corrected chi connectivity index (χ0v) is 15.4. The van der Waals surface area contributed by atoms with Gasteiger partial charge in [-0.2, -0.15) is 0 Å². The zero-order valence-electron chi connectivity index (χ0n) is 14.7. The molecule has 0 aliphatic heterocycles. The summed E-state index contributed by atoms with van der Waals surface area (Å²) in [6.07, 6.45) is 3.21. The summed E-state index contributed by atoms with van der Waals surface area (Å²) in [7, 11) is 1.61. The maximum atomic E-state index is 12.3. The minimum Gasteiger partial charge on any atom is -0.497 e. The molecule has 0 saturated carbocycles. The Labute approximate surface area is 163 Å². The van der Waals surface area contributed by atoms with Crippen LogP contribution in [-0.2, 0) is 4.79 Å². The molecule has 27 heavy (non-hydrogen) atoms. The molecule has 5 heteroatoms. The number of nitrogens with one attached hydrogen (secondary N) is 1. The summed E-state index contributed by atoms with van der Waals surface area (Å²) in [5.41, 5.74) is 1.48. The van der Waals surface area contributed by atoms with E-state index in [-0.39, 0.29) is 5.91 Å². The fourth-order valence-electron chi connectivity index (χ4n) is 2.35. The van der Waals surface area contributed by atoms with Crippen molar-refractivity contribution in [2.45, 2.75) is 0 Å². The van der Waals surface area contributed by atoms with Crippen molar-refractivity contribution < 1.29 is 14.3 Å². The smallest absolute Gasteiger partial charge is 0.248 e. The lowest BCUT2D eigenvalue weighted by Crippen LogP contribution is -2.08. The minimum atomic E-state index is -0.252. The number of halogens is 1. The van der Waals surface area contributed by atoms with Crippen molar-refractivity contribution in [1.29, 1.82) is 0 Å². The minimum absolute atomic E-state index is 0.252. The largest absolute Gasteiger partial charge is 0.497 e. The highest BCUT2D eigenvalue weighted by atomic mass is 35.5. The molecule has 1 amide bonds. The fourth-order valence-corrected chi connectivity index (χ4v) is 2.48. The van der Waals surface area contributed by atoms with Gasteiger partial charge in [0.25, 0.3) is 0 Å². The lowest BCUT2D eigenvalue weighted by atomic mass is 10.2. The molecule has 0 fully saturated rings. The van der Waals surface area contributed by atoms with Crippen molar-refractivity contribution in [1.82, 2.24) is 0 Å². The molecule has 1 N–H and O–H groups in total. The number of hydrogen-bond acceptors (Lipinski definition) is 3. The van der Waals surface area contributed by atoms with E-state index in [0.717, 1.165) is 11.3 Å². The average molecular weight is 380 g/mol. The SMILES string of the molecule is COc1ccc(/C=C/C(=O)Nc2ccccc2Oc2ccc(Cl)cc2)cc1. The van der Waals surface area contributed by atoms with Gasteiger partial charge in [0.15, 0.2) is 5.75 Å². The van der Waals surface area contributed by atoms with Gasteiger partial charge in [-0.3, -0.25) is 4.79 Å². The van der Waals surface area contributed by atoms with Crippen molar-refractivity contribution in [3.05, 3.63) is 89.5 Å². The van der Waals surface area contributed by atoms with Crippen LogP contribution < -0.4 is 14.8 Å². The van der Waals surface area contributed by atoms with Crippen molar-refractivity contribution in [2.75, 3.05) is 12.4 Å². The van der Waals surface area contributed by atoms with Crippen LogP contribution in [0.1, 0.15) is 5.56 Å². The first-order valence-corrected chi connectivity index (χ1v) is 8.67. The Morgan fingerprint density at radius 1 is 0.926 bits per heavy atom. The van der Waals surface area contributed by atoms with Gasteiger partial charge in [-0.05, 0) is 60.2 Å². The number of ether oxygens (including phenoxy) is 2. The quantitative estimate of drug-likeness (QED) is 0.551. The van der Waals surface area contributed by atoms with Crippen LogP contribution in [0.5, 0.6) is 17.2 Å². The summed E-state index contributed by atoms with van der Waals surface area (Å²) in [6, 6.07) is 21.7. The lowest BCUT2D eigenvalue weighted by Gasteiger charge is -2.11. The first-order valence-electron chi connectivity index (χ1n) is 8.29. The number of carbonyl (C=O) groups excluding carboxylic acids is 1. The number of amides is 1. The van der Waals surface area contributed by atoms with Crippen LogP contribution in [-0.4, -0.2) is 13.0 Å². The van der Waals surface area contributed by atoms with Crippen molar-refractivity contribution in [2.24, 2.45) is 0 Å². The van der Waals surface area contributed by atoms with Crippen LogP contribution in [0.2, 0.25) is 5.02 Å². The van der Waals surface area contributed by atoms with Gasteiger partial charge < -0.3 is 14.8 Å². The third-order valence-corrected chi connectivity index (χ3v) is 3.98. The molecule has 0 saturated heterocycles. The highest BCUT2D eigenvalue weighted by molar-refractivity contribution is 6.30. The molecule has 0 atom stereocenters. The second kappa shape index (κ2) is 8.92. The molecule has 3 aromatic carbocycles. The first kappa shape index (κ1) is 18.5. The number of benzene rings is 3. The zero-order chi connectivity index (χ0) is 19.1. The molecule has 4 nitrogen and oxygen atoms in total. The van der Waals surface area contributed by atoms with Crippen molar-refractivity contribution in [3.8, 4) is 17.2 Å². The van der Waals surface area contributed by atoms with Crippen LogP contribution in [0.4, 0.5) is 5.69 Å². The van der Waals surface area contributed by atoms with E-state index in [4.69, 9.17) is 21.1 Å². The molecule has 0 spiro atoms. The third-order valence-electron chi connectivity index (χ3n) is 3.73. The molecular weight excluding hydrogens is 362 g/mol. The number of rotatable bonds is 6. The molecule has 136 valence electrons. The standard InChI is InChI=1S/C22H18ClNO3/c1-26-18-11-6-16(7-12-18)8-15-22(25)24-20-4-2-3-5-21(20)27-19-13-9-17(23)10-14-19/h2-15H,1H3,(H,24,25)/b15-8+. The van der Waals surface area contributed by atoms with Gasteiger partial charge in [0.1, 0.15) is 11.5 Å². The van der Waals surface area contributed by atoms with Crippen LogP contribution in [0.15, 0.2) is 78.9 Å². The molecule has 0 aromatic heterocycles.